The van der Waals surface area contributed by atoms with Crippen molar-refractivity contribution in [3.05, 3.63) is 65.7 Å². The van der Waals surface area contributed by atoms with E-state index in [1.807, 2.05) is 0 Å². The molecule has 0 bridgehead atoms. The van der Waals surface area contributed by atoms with Gasteiger partial charge in [0.15, 0.2) is 0 Å². The van der Waals surface area contributed by atoms with Gasteiger partial charge in [-0.05, 0) is 36.1 Å². The van der Waals surface area contributed by atoms with Gasteiger partial charge in [-0.3, -0.25) is 0 Å². The van der Waals surface area contributed by atoms with Crippen LogP contribution >= 0.6 is 0 Å². The highest BCUT2D eigenvalue weighted by Crippen LogP contribution is 2.24. The Balaban J connectivity index is 2.07. The number of aliphatic hydroxyl groups excluding tert-OH is 1. The average molecular weight is 283 g/mol. The van der Waals surface area contributed by atoms with Crippen LogP contribution in [-0.2, 0) is 6.42 Å². The first kappa shape index (κ1) is 15.6. The number of unbranched alkanes of at least 4 members (excludes halogenated alkanes) is 1. The highest BCUT2D eigenvalue weighted by atomic mass is 16.2. The maximum Gasteiger partial charge on any atom is 0.0513 e. The van der Waals surface area contributed by atoms with Crippen LogP contribution in [-0.4, -0.2) is 11.7 Å². The van der Waals surface area contributed by atoms with Gasteiger partial charge in [0.2, 0.25) is 0 Å². The summed E-state index contributed by atoms with van der Waals surface area (Å²) in [5, 5.41) is 12.6. The molecule has 1 atom stereocenters. The molecule has 2 heteroatoms. The van der Waals surface area contributed by atoms with Crippen LogP contribution in [0.4, 0.5) is 5.69 Å². The molecule has 0 amide bonds. The summed E-state index contributed by atoms with van der Waals surface area (Å²) in [4.78, 5) is 0. The molecule has 0 aliphatic carbocycles. The Hall–Kier alpha value is -1.80. The molecule has 112 valence electrons. The first-order valence-corrected chi connectivity index (χ1v) is 7.84. The molecule has 0 radical (unpaired) electrons. The van der Waals surface area contributed by atoms with Crippen LogP contribution in [0.25, 0.3) is 0 Å². The lowest BCUT2D eigenvalue weighted by Crippen LogP contribution is -2.10. The van der Waals surface area contributed by atoms with Crippen molar-refractivity contribution >= 4 is 5.69 Å². The summed E-state index contributed by atoms with van der Waals surface area (Å²) in [6, 6.07) is 19.4. The van der Waals surface area contributed by atoms with Gasteiger partial charge in [0, 0.05) is 12.3 Å². The third-order valence-electron chi connectivity index (χ3n) is 3.74. The maximum absolute atomic E-state index is 8.96. The molecule has 1 unspecified atom stereocenters. The standard InChI is InChI=1S/C19H25NO/c1-2-3-9-19(17-7-5-4-6-8-17)20-18-12-10-16(11-13-18)14-15-21/h4-8,10-13,19-21H,2-3,9,14-15H2,1H3. The molecule has 0 heterocycles. The molecule has 2 rings (SSSR count). The Kier molecular flexibility index (Phi) is 6.29. The number of benzene rings is 2. The zero-order valence-corrected chi connectivity index (χ0v) is 12.8. The van der Waals surface area contributed by atoms with Crippen molar-refractivity contribution < 1.29 is 5.11 Å². The van der Waals surface area contributed by atoms with Crippen LogP contribution in [0.15, 0.2) is 54.6 Å². The Labute approximate surface area is 127 Å². The van der Waals surface area contributed by atoms with Crippen LogP contribution in [0.3, 0.4) is 0 Å². The van der Waals surface area contributed by atoms with Crippen molar-refractivity contribution in [3.8, 4) is 0 Å². The summed E-state index contributed by atoms with van der Waals surface area (Å²) in [6.07, 6.45) is 4.28. The normalized spacial score (nSPS) is 12.1. The van der Waals surface area contributed by atoms with Crippen molar-refractivity contribution in [1.29, 1.82) is 0 Å². The van der Waals surface area contributed by atoms with Crippen molar-refractivity contribution in [3.63, 3.8) is 0 Å². The molecular formula is C19H25NO. The zero-order valence-electron chi connectivity index (χ0n) is 12.8. The average Bonchev–Trinajstić information content (AvgIpc) is 2.54. The lowest BCUT2D eigenvalue weighted by molar-refractivity contribution is 0.299. The Morgan fingerprint density at radius 1 is 1.00 bits per heavy atom. The summed E-state index contributed by atoms with van der Waals surface area (Å²) >= 11 is 0. The third-order valence-corrected chi connectivity index (χ3v) is 3.74. The van der Waals surface area contributed by atoms with Crippen molar-refractivity contribution in [2.45, 2.75) is 38.6 Å². The number of rotatable bonds is 8. The van der Waals surface area contributed by atoms with Gasteiger partial charge in [0.1, 0.15) is 0 Å². The fourth-order valence-corrected chi connectivity index (χ4v) is 2.51. The molecule has 2 aromatic carbocycles. The SMILES string of the molecule is CCCCC(Nc1ccc(CCO)cc1)c1ccccc1. The van der Waals surface area contributed by atoms with E-state index in [2.05, 4.69) is 66.8 Å². The Morgan fingerprint density at radius 3 is 2.33 bits per heavy atom. The smallest absolute Gasteiger partial charge is 0.0513 e. The van der Waals surface area contributed by atoms with E-state index in [4.69, 9.17) is 5.11 Å². The molecule has 0 aliphatic rings. The molecule has 0 aromatic heterocycles. The van der Waals surface area contributed by atoms with Gasteiger partial charge >= 0.3 is 0 Å². The minimum Gasteiger partial charge on any atom is -0.396 e. The summed E-state index contributed by atoms with van der Waals surface area (Å²) < 4.78 is 0. The predicted molar refractivity (Wildman–Crippen MR) is 89.6 cm³/mol. The van der Waals surface area contributed by atoms with E-state index in [9.17, 15) is 0 Å². The first-order valence-electron chi connectivity index (χ1n) is 7.84. The van der Waals surface area contributed by atoms with Crippen molar-refractivity contribution in [2.24, 2.45) is 0 Å². The maximum atomic E-state index is 8.96. The molecule has 21 heavy (non-hydrogen) atoms. The molecular weight excluding hydrogens is 258 g/mol. The van der Waals surface area contributed by atoms with E-state index in [-0.39, 0.29) is 6.61 Å². The fraction of sp³-hybridized carbons (Fsp3) is 0.368. The largest absolute Gasteiger partial charge is 0.396 e. The van der Waals surface area contributed by atoms with E-state index in [0.29, 0.717) is 6.04 Å². The van der Waals surface area contributed by atoms with Gasteiger partial charge in [0.25, 0.3) is 0 Å². The predicted octanol–water partition coefficient (Wildman–Crippen LogP) is 4.56. The van der Waals surface area contributed by atoms with Gasteiger partial charge in [-0.2, -0.15) is 0 Å². The third kappa shape index (κ3) is 4.91. The van der Waals surface area contributed by atoms with Crippen LogP contribution in [0.5, 0.6) is 0 Å². The van der Waals surface area contributed by atoms with Crippen LogP contribution in [0, 0.1) is 0 Å². The van der Waals surface area contributed by atoms with Crippen LogP contribution in [0.1, 0.15) is 43.4 Å². The lowest BCUT2D eigenvalue weighted by atomic mass is 10.0. The number of hydrogen-bond donors (Lipinski definition) is 2. The molecule has 0 fully saturated rings. The second kappa shape index (κ2) is 8.48. The Bertz CT molecular complexity index is 507. The van der Waals surface area contributed by atoms with E-state index in [0.717, 1.165) is 18.5 Å². The summed E-state index contributed by atoms with van der Waals surface area (Å²) in [5.41, 5.74) is 3.65. The second-order valence-corrected chi connectivity index (χ2v) is 5.42. The highest BCUT2D eigenvalue weighted by Gasteiger charge is 2.10. The summed E-state index contributed by atoms with van der Waals surface area (Å²) in [6.45, 7) is 2.43. The number of anilines is 1. The van der Waals surface area contributed by atoms with Gasteiger partial charge < -0.3 is 10.4 Å². The minimum atomic E-state index is 0.204. The zero-order chi connectivity index (χ0) is 14.9. The molecule has 2 aromatic rings. The van der Waals surface area contributed by atoms with E-state index in [1.165, 1.54) is 24.0 Å². The number of aliphatic hydroxyl groups is 1. The second-order valence-electron chi connectivity index (χ2n) is 5.42. The molecule has 2 N–H and O–H groups in total. The van der Waals surface area contributed by atoms with E-state index in [1.54, 1.807) is 0 Å². The fourth-order valence-electron chi connectivity index (χ4n) is 2.51. The van der Waals surface area contributed by atoms with Gasteiger partial charge in [-0.15, -0.1) is 0 Å². The number of nitrogens with one attached hydrogen (secondary N) is 1. The molecule has 0 saturated carbocycles. The molecule has 2 nitrogen and oxygen atoms in total. The monoisotopic (exact) mass is 283 g/mol. The summed E-state index contributed by atoms with van der Waals surface area (Å²) in [7, 11) is 0. The van der Waals surface area contributed by atoms with Crippen LogP contribution < -0.4 is 5.32 Å². The molecule has 0 aliphatic heterocycles. The van der Waals surface area contributed by atoms with Gasteiger partial charge in [0.05, 0.1) is 6.04 Å². The van der Waals surface area contributed by atoms with Crippen molar-refractivity contribution in [1.82, 2.24) is 0 Å². The van der Waals surface area contributed by atoms with Crippen LogP contribution in [0.2, 0.25) is 0 Å². The van der Waals surface area contributed by atoms with Gasteiger partial charge in [-0.1, -0.05) is 62.2 Å². The first-order chi connectivity index (χ1) is 10.3. The molecule has 0 spiro atoms. The Morgan fingerprint density at radius 2 is 1.71 bits per heavy atom. The topological polar surface area (TPSA) is 32.3 Å². The van der Waals surface area contributed by atoms with E-state index < -0.39 is 0 Å². The quantitative estimate of drug-likeness (QED) is 0.744. The highest BCUT2D eigenvalue weighted by molar-refractivity contribution is 5.47. The number of hydrogen-bond acceptors (Lipinski definition) is 2. The lowest BCUT2D eigenvalue weighted by Gasteiger charge is -2.20. The van der Waals surface area contributed by atoms with Crippen molar-refractivity contribution in [2.75, 3.05) is 11.9 Å². The van der Waals surface area contributed by atoms with Gasteiger partial charge in [-0.25, -0.2) is 0 Å². The minimum absolute atomic E-state index is 0.204. The van der Waals surface area contributed by atoms with E-state index >= 15 is 0 Å². The molecule has 0 saturated heterocycles. The summed E-state index contributed by atoms with van der Waals surface area (Å²) in [5.74, 6) is 0.